The van der Waals surface area contributed by atoms with Crippen LogP contribution in [0, 0.1) is 23.2 Å². The van der Waals surface area contributed by atoms with E-state index in [1.165, 1.54) is 7.11 Å². The average molecular weight is 210 g/mol. The summed E-state index contributed by atoms with van der Waals surface area (Å²) in [4.78, 5) is 23.4. The molecule has 0 aromatic carbocycles. The van der Waals surface area contributed by atoms with E-state index in [-0.39, 0.29) is 29.0 Å². The third kappa shape index (κ3) is 1.48. The number of fused-ring (bicyclic) bond motifs is 1. The van der Waals surface area contributed by atoms with Crippen molar-refractivity contribution in [1.82, 2.24) is 0 Å². The molecule has 2 aliphatic carbocycles. The molecule has 0 aromatic heterocycles. The Morgan fingerprint density at radius 2 is 2.13 bits per heavy atom. The number of methoxy groups -OCH3 is 1. The molecule has 15 heavy (non-hydrogen) atoms. The first-order valence-electron chi connectivity index (χ1n) is 5.58. The highest BCUT2D eigenvalue weighted by Gasteiger charge is 2.56. The molecule has 0 aliphatic heterocycles. The highest BCUT2D eigenvalue weighted by atomic mass is 16.5. The SMILES string of the molecule is COC(=O)[C@H]1CC(C)(C)[C@H]2CCC(=O)[C@@H]12. The van der Waals surface area contributed by atoms with Crippen molar-refractivity contribution in [3.63, 3.8) is 0 Å². The van der Waals surface area contributed by atoms with Crippen LogP contribution in [0.4, 0.5) is 0 Å². The minimum absolute atomic E-state index is 0.0625. The number of rotatable bonds is 1. The molecule has 0 unspecified atom stereocenters. The molecule has 3 nitrogen and oxygen atoms in total. The first-order valence-corrected chi connectivity index (χ1v) is 5.58. The minimum atomic E-state index is -0.203. The van der Waals surface area contributed by atoms with Crippen molar-refractivity contribution in [3.05, 3.63) is 0 Å². The maximum atomic E-state index is 11.8. The van der Waals surface area contributed by atoms with Crippen LogP contribution in [-0.4, -0.2) is 18.9 Å². The summed E-state index contributed by atoms with van der Waals surface area (Å²) < 4.78 is 4.79. The third-order valence-corrected chi connectivity index (χ3v) is 4.19. The van der Waals surface area contributed by atoms with Crippen LogP contribution >= 0.6 is 0 Å². The van der Waals surface area contributed by atoms with Crippen LogP contribution in [0.15, 0.2) is 0 Å². The number of ketones is 1. The van der Waals surface area contributed by atoms with E-state index in [9.17, 15) is 9.59 Å². The number of hydrogen-bond acceptors (Lipinski definition) is 3. The molecule has 2 rings (SSSR count). The molecular weight excluding hydrogens is 192 g/mol. The van der Waals surface area contributed by atoms with Gasteiger partial charge in [0.1, 0.15) is 5.78 Å². The van der Waals surface area contributed by atoms with E-state index in [1.54, 1.807) is 0 Å². The van der Waals surface area contributed by atoms with Crippen LogP contribution in [0.25, 0.3) is 0 Å². The Morgan fingerprint density at radius 3 is 2.73 bits per heavy atom. The Morgan fingerprint density at radius 1 is 1.47 bits per heavy atom. The second-order valence-electron chi connectivity index (χ2n) is 5.46. The quantitative estimate of drug-likeness (QED) is 0.620. The van der Waals surface area contributed by atoms with E-state index in [0.29, 0.717) is 12.3 Å². The van der Waals surface area contributed by atoms with Gasteiger partial charge in [-0.2, -0.15) is 0 Å². The lowest BCUT2D eigenvalue weighted by Crippen LogP contribution is -2.25. The van der Waals surface area contributed by atoms with E-state index in [1.807, 2.05) is 0 Å². The summed E-state index contributed by atoms with van der Waals surface area (Å²) in [6.07, 6.45) is 2.39. The fourth-order valence-electron chi connectivity index (χ4n) is 3.48. The standard InChI is InChI=1S/C12H18O3/c1-12(2)6-7(11(14)15-3)10-8(12)4-5-9(10)13/h7-8,10H,4-6H2,1-3H3/t7-,8-,10-/m0/s1. The predicted molar refractivity (Wildman–Crippen MR) is 55.1 cm³/mol. The number of Topliss-reactive ketones (excluding diaryl/α,β-unsaturated/α-hetero) is 1. The van der Waals surface area contributed by atoms with Gasteiger partial charge in [-0.15, -0.1) is 0 Å². The van der Waals surface area contributed by atoms with Crippen molar-refractivity contribution in [2.24, 2.45) is 23.2 Å². The van der Waals surface area contributed by atoms with Gasteiger partial charge in [0.2, 0.25) is 0 Å². The molecule has 84 valence electrons. The van der Waals surface area contributed by atoms with Crippen molar-refractivity contribution in [3.8, 4) is 0 Å². The Balaban J connectivity index is 2.28. The molecule has 2 saturated carbocycles. The highest BCUT2D eigenvalue weighted by Crippen LogP contribution is 2.56. The first kappa shape index (κ1) is 10.7. The molecule has 2 fully saturated rings. The third-order valence-electron chi connectivity index (χ3n) is 4.19. The van der Waals surface area contributed by atoms with Gasteiger partial charge in [-0.3, -0.25) is 9.59 Å². The lowest BCUT2D eigenvalue weighted by molar-refractivity contribution is -0.148. The molecule has 0 radical (unpaired) electrons. The van der Waals surface area contributed by atoms with E-state index in [0.717, 1.165) is 12.8 Å². The summed E-state index contributed by atoms with van der Waals surface area (Å²) in [5.74, 6) is 0.193. The second kappa shape index (κ2) is 3.32. The van der Waals surface area contributed by atoms with Gasteiger partial charge in [0, 0.05) is 12.3 Å². The summed E-state index contributed by atoms with van der Waals surface area (Å²) in [5, 5.41) is 0. The molecule has 0 heterocycles. The number of ether oxygens (including phenoxy) is 1. The summed E-state index contributed by atoms with van der Waals surface area (Å²) in [5.41, 5.74) is 0.107. The van der Waals surface area contributed by atoms with Crippen LogP contribution in [-0.2, 0) is 14.3 Å². The zero-order valence-electron chi connectivity index (χ0n) is 9.58. The van der Waals surface area contributed by atoms with Crippen molar-refractivity contribution < 1.29 is 14.3 Å². The molecule has 0 bridgehead atoms. The zero-order valence-corrected chi connectivity index (χ0v) is 9.58. The maximum Gasteiger partial charge on any atom is 0.309 e. The monoisotopic (exact) mass is 210 g/mol. The van der Waals surface area contributed by atoms with Crippen molar-refractivity contribution in [1.29, 1.82) is 0 Å². The van der Waals surface area contributed by atoms with Gasteiger partial charge in [-0.1, -0.05) is 13.8 Å². The Labute approximate surface area is 90.2 Å². The molecule has 2 aliphatic rings. The summed E-state index contributed by atoms with van der Waals surface area (Å²) in [6.45, 7) is 4.32. The van der Waals surface area contributed by atoms with E-state index in [4.69, 9.17) is 4.74 Å². The molecule has 3 heteroatoms. The van der Waals surface area contributed by atoms with Gasteiger partial charge in [-0.05, 0) is 24.2 Å². The smallest absolute Gasteiger partial charge is 0.309 e. The van der Waals surface area contributed by atoms with Crippen LogP contribution in [0.5, 0.6) is 0 Å². The first-order chi connectivity index (χ1) is 6.97. The van der Waals surface area contributed by atoms with E-state index < -0.39 is 0 Å². The largest absolute Gasteiger partial charge is 0.469 e. The van der Waals surface area contributed by atoms with Gasteiger partial charge in [-0.25, -0.2) is 0 Å². The molecule has 0 N–H and O–H groups in total. The van der Waals surface area contributed by atoms with Gasteiger partial charge in [0.25, 0.3) is 0 Å². The summed E-state index contributed by atoms with van der Waals surface area (Å²) >= 11 is 0. The molecule has 3 atom stereocenters. The summed E-state index contributed by atoms with van der Waals surface area (Å²) in [7, 11) is 1.40. The van der Waals surface area contributed by atoms with Gasteiger partial charge in [0.05, 0.1) is 13.0 Å². The average Bonchev–Trinajstić information content (AvgIpc) is 2.67. The van der Waals surface area contributed by atoms with Crippen molar-refractivity contribution in [2.45, 2.75) is 33.1 Å². The van der Waals surface area contributed by atoms with Crippen LogP contribution < -0.4 is 0 Å². The Kier molecular flexibility index (Phi) is 2.36. The van der Waals surface area contributed by atoms with Crippen molar-refractivity contribution >= 4 is 11.8 Å². The van der Waals surface area contributed by atoms with Crippen LogP contribution in [0.3, 0.4) is 0 Å². The molecule has 0 amide bonds. The highest BCUT2D eigenvalue weighted by molar-refractivity contribution is 5.89. The molecular formula is C12H18O3. The Bertz CT molecular complexity index is 306. The number of esters is 1. The van der Waals surface area contributed by atoms with Gasteiger partial charge < -0.3 is 4.74 Å². The number of hydrogen-bond donors (Lipinski definition) is 0. The lowest BCUT2D eigenvalue weighted by atomic mass is 9.80. The maximum absolute atomic E-state index is 11.8. The molecule has 0 aromatic rings. The van der Waals surface area contributed by atoms with Crippen molar-refractivity contribution in [2.75, 3.05) is 7.11 Å². The molecule has 0 spiro atoms. The van der Waals surface area contributed by atoms with E-state index >= 15 is 0 Å². The van der Waals surface area contributed by atoms with E-state index in [2.05, 4.69) is 13.8 Å². The fraction of sp³-hybridized carbons (Fsp3) is 0.833. The van der Waals surface area contributed by atoms with Crippen LogP contribution in [0.1, 0.15) is 33.1 Å². The zero-order chi connectivity index (χ0) is 11.2. The van der Waals surface area contributed by atoms with Gasteiger partial charge in [0.15, 0.2) is 0 Å². The minimum Gasteiger partial charge on any atom is -0.469 e. The lowest BCUT2D eigenvalue weighted by Gasteiger charge is -2.24. The number of carbonyl (C=O) groups is 2. The molecule has 0 saturated heterocycles. The van der Waals surface area contributed by atoms with Crippen LogP contribution in [0.2, 0.25) is 0 Å². The normalized spacial score (nSPS) is 37.8. The fourth-order valence-corrected chi connectivity index (χ4v) is 3.48. The number of carbonyl (C=O) groups excluding carboxylic acids is 2. The second-order valence-corrected chi connectivity index (χ2v) is 5.46. The topological polar surface area (TPSA) is 43.4 Å². The predicted octanol–water partition coefficient (Wildman–Crippen LogP) is 1.80. The van der Waals surface area contributed by atoms with Gasteiger partial charge >= 0.3 is 5.97 Å². The summed E-state index contributed by atoms with van der Waals surface area (Å²) in [6, 6.07) is 0. The Hall–Kier alpha value is -0.860.